The molecule has 2 heterocycles. The number of hydrogen-bond donors (Lipinski definition) is 0. The van der Waals surface area contributed by atoms with E-state index in [0.29, 0.717) is 0 Å². The first-order valence-corrected chi connectivity index (χ1v) is 7.50. The Labute approximate surface area is 129 Å². The van der Waals surface area contributed by atoms with Gasteiger partial charge in [-0.15, -0.1) is 10.2 Å². The number of carbonyl (C=O) groups excluding carboxylic acids is 1. The summed E-state index contributed by atoms with van der Waals surface area (Å²) in [5, 5.41) is 8.64. The van der Waals surface area contributed by atoms with Crippen LogP contribution in [0.2, 0.25) is 0 Å². The Bertz CT molecular complexity index is 620. The van der Waals surface area contributed by atoms with Gasteiger partial charge in [-0.05, 0) is 25.0 Å². The second-order valence-electron chi connectivity index (χ2n) is 5.43. The first-order valence-electron chi connectivity index (χ1n) is 7.50. The van der Waals surface area contributed by atoms with Gasteiger partial charge in [0.25, 0.3) is 0 Å². The number of anilines is 1. The molecule has 1 aromatic carbocycles. The van der Waals surface area contributed by atoms with Crippen molar-refractivity contribution in [2.24, 2.45) is 5.92 Å². The van der Waals surface area contributed by atoms with Crippen LogP contribution in [0.5, 0.6) is 0 Å². The molecule has 0 radical (unpaired) electrons. The van der Waals surface area contributed by atoms with Crippen LogP contribution < -0.4 is 4.90 Å². The predicted octanol–water partition coefficient (Wildman–Crippen LogP) is 2.53. The minimum absolute atomic E-state index is 0.0119. The van der Waals surface area contributed by atoms with Gasteiger partial charge in [-0.2, -0.15) is 0 Å². The number of carbonyl (C=O) groups is 1. The SMILES string of the molecule is COC(=O)C1CCN(c2ccc(-c3ccccc3)nn2)CC1. The maximum absolute atomic E-state index is 11.5. The smallest absolute Gasteiger partial charge is 0.308 e. The molecule has 1 saturated heterocycles. The Balaban J connectivity index is 1.66. The summed E-state index contributed by atoms with van der Waals surface area (Å²) in [5.74, 6) is 0.769. The second kappa shape index (κ2) is 6.56. The highest BCUT2D eigenvalue weighted by molar-refractivity contribution is 5.72. The van der Waals surface area contributed by atoms with E-state index in [4.69, 9.17) is 4.74 Å². The van der Waals surface area contributed by atoms with Crippen LogP contribution in [0.3, 0.4) is 0 Å². The quantitative estimate of drug-likeness (QED) is 0.815. The van der Waals surface area contributed by atoms with E-state index in [0.717, 1.165) is 43.0 Å². The lowest BCUT2D eigenvalue weighted by Crippen LogP contribution is -2.37. The van der Waals surface area contributed by atoms with Crippen molar-refractivity contribution in [3.63, 3.8) is 0 Å². The normalized spacial score (nSPS) is 15.6. The summed E-state index contributed by atoms with van der Waals surface area (Å²) >= 11 is 0. The van der Waals surface area contributed by atoms with Gasteiger partial charge < -0.3 is 9.64 Å². The van der Waals surface area contributed by atoms with Crippen molar-refractivity contribution >= 4 is 11.8 Å². The molecule has 0 spiro atoms. The molecule has 3 rings (SSSR count). The first kappa shape index (κ1) is 14.5. The molecule has 0 amide bonds. The van der Waals surface area contributed by atoms with Gasteiger partial charge in [0.15, 0.2) is 5.82 Å². The van der Waals surface area contributed by atoms with Gasteiger partial charge in [-0.3, -0.25) is 4.79 Å². The largest absolute Gasteiger partial charge is 0.469 e. The fourth-order valence-electron chi connectivity index (χ4n) is 2.77. The zero-order chi connectivity index (χ0) is 15.4. The lowest BCUT2D eigenvalue weighted by atomic mass is 9.97. The van der Waals surface area contributed by atoms with Crippen LogP contribution in [0, 0.1) is 5.92 Å². The first-order chi connectivity index (χ1) is 10.8. The topological polar surface area (TPSA) is 55.3 Å². The Morgan fingerprint density at radius 1 is 1.09 bits per heavy atom. The number of rotatable bonds is 3. The molecule has 5 nitrogen and oxygen atoms in total. The Hall–Kier alpha value is -2.43. The maximum Gasteiger partial charge on any atom is 0.308 e. The van der Waals surface area contributed by atoms with Crippen molar-refractivity contribution < 1.29 is 9.53 Å². The van der Waals surface area contributed by atoms with Gasteiger partial charge in [0.05, 0.1) is 18.7 Å². The summed E-state index contributed by atoms with van der Waals surface area (Å²) in [7, 11) is 1.45. The van der Waals surface area contributed by atoms with E-state index in [1.807, 2.05) is 42.5 Å². The number of piperidine rings is 1. The number of ether oxygens (including phenoxy) is 1. The monoisotopic (exact) mass is 297 g/mol. The minimum atomic E-state index is -0.106. The number of methoxy groups -OCH3 is 1. The van der Waals surface area contributed by atoms with E-state index in [-0.39, 0.29) is 11.9 Å². The van der Waals surface area contributed by atoms with Crippen LogP contribution in [0.25, 0.3) is 11.3 Å². The molecule has 2 aromatic rings. The Kier molecular flexibility index (Phi) is 4.32. The van der Waals surface area contributed by atoms with Crippen molar-refractivity contribution in [1.29, 1.82) is 0 Å². The third kappa shape index (κ3) is 3.08. The third-order valence-corrected chi connectivity index (χ3v) is 4.07. The van der Waals surface area contributed by atoms with Crippen molar-refractivity contribution in [2.45, 2.75) is 12.8 Å². The minimum Gasteiger partial charge on any atom is -0.469 e. The molecule has 1 aliphatic rings. The van der Waals surface area contributed by atoms with Crippen molar-refractivity contribution in [3.05, 3.63) is 42.5 Å². The maximum atomic E-state index is 11.5. The van der Waals surface area contributed by atoms with Gasteiger partial charge in [0, 0.05) is 18.7 Å². The molecule has 22 heavy (non-hydrogen) atoms. The van der Waals surface area contributed by atoms with Crippen LogP contribution in [0.15, 0.2) is 42.5 Å². The molecule has 1 aromatic heterocycles. The van der Waals surface area contributed by atoms with Gasteiger partial charge >= 0.3 is 5.97 Å². The average Bonchev–Trinajstić information content (AvgIpc) is 2.62. The molecule has 1 fully saturated rings. The van der Waals surface area contributed by atoms with Crippen LogP contribution in [0.4, 0.5) is 5.82 Å². The number of hydrogen-bond acceptors (Lipinski definition) is 5. The molecule has 0 saturated carbocycles. The molecular weight excluding hydrogens is 278 g/mol. The van der Waals surface area contributed by atoms with E-state index in [1.54, 1.807) is 0 Å². The fourth-order valence-corrected chi connectivity index (χ4v) is 2.77. The fraction of sp³-hybridized carbons (Fsp3) is 0.353. The van der Waals surface area contributed by atoms with Crippen LogP contribution in [-0.4, -0.2) is 36.4 Å². The average molecular weight is 297 g/mol. The lowest BCUT2D eigenvalue weighted by Gasteiger charge is -2.31. The Morgan fingerprint density at radius 2 is 1.82 bits per heavy atom. The molecule has 5 heteroatoms. The van der Waals surface area contributed by atoms with Crippen molar-refractivity contribution in [3.8, 4) is 11.3 Å². The second-order valence-corrected chi connectivity index (χ2v) is 5.43. The van der Waals surface area contributed by atoms with E-state index in [1.165, 1.54) is 7.11 Å². The van der Waals surface area contributed by atoms with Gasteiger partial charge in [0.2, 0.25) is 0 Å². The van der Waals surface area contributed by atoms with Crippen molar-refractivity contribution in [2.75, 3.05) is 25.1 Å². The molecular formula is C17H19N3O2. The Morgan fingerprint density at radius 3 is 2.41 bits per heavy atom. The molecule has 1 aliphatic heterocycles. The van der Waals surface area contributed by atoms with Crippen LogP contribution in [0.1, 0.15) is 12.8 Å². The standard InChI is InChI=1S/C17H19N3O2/c1-22-17(21)14-9-11-20(12-10-14)16-8-7-15(18-19-16)13-5-3-2-4-6-13/h2-8,14H,9-12H2,1H3. The van der Waals surface area contributed by atoms with E-state index >= 15 is 0 Å². The van der Waals surface area contributed by atoms with Crippen molar-refractivity contribution in [1.82, 2.24) is 10.2 Å². The van der Waals surface area contributed by atoms with Crippen LogP contribution >= 0.6 is 0 Å². The van der Waals surface area contributed by atoms with Gasteiger partial charge in [-0.25, -0.2) is 0 Å². The summed E-state index contributed by atoms with van der Waals surface area (Å²) < 4.78 is 4.81. The number of aromatic nitrogens is 2. The molecule has 0 bridgehead atoms. The summed E-state index contributed by atoms with van der Waals surface area (Å²) in [6.07, 6.45) is 1.60. The van der Waals surface area contributed by atoms with E-state index < -0.39 is 0 Å². The lowest BCUT2D eigenvalue weighted by molar-refractivity contribution is -0.146. The molecule has 0 unspecified atom stereocenters. The molecule has 0 aliphatic carbocycles. The molecule has 114 valence electrons. The number of esters is 1. The zero-order valence-corrected chi connectivity index (χ0v) is 12.6. The molecule has 0 atom stereocenters. The predicted molar refractivity (Wildman–Crippen MR) is 84.4 cm³/mol. The highest BCUT2D eigenvalue weighted by Gasteiger charge is 2.26. The molecule has 0 N–H and O–H groups in total. The third-order valence-electron chi connectivity index (χ3n) is 4.07. The van der Waals surface area contributed by atoms with Gasteiger partial charge in [0.1, 0.15) is 0 Å². The zero-order valence-electron chi connectivity index (χ0n) is 12.6. The highest BCUT2D eigenvalue weighted by Crippen LogP contribution is 2.23. The van der Waals surface area contributed by atoms with Gasteiger partial charge in [-0.1, -0.05) is 30.3 Å². The summed E-state index contributed by atoms with van der Waals surface area (Å²) in [6.45, 7) is 1.61. The van der Waals surface area contributed by atoms with Crippen LogP contribution in [-0.2, 0) is 9.53 Å². The highest BCUT2D eigenvalue weighted by atomic mass is 16.5. The summed E-state index contributed by atoms with van der Waals surface area (Å²) in [4.78, 5) is 13.7. The number of benzene rings is 1. The number of nitrogens with zero attached hydrogens (tertiary/aromatic N) is 3. The summed E-state index contributed by atoms with van der Waals surface area (Å²) in [6, 6.07) is 14.0. The van der Waals surface area contributed by atoms with E-state index in [2.05, 4.69) is 15.1 Å². The van der Waals surface area contributed by atoms with E-state index in [9.17, 15) is 4.79 Å². The summed E-state index contributed by atoms with van der Waals surface area (Å²) in [5.41, 5.74) is 1.93.